The van der Waals surface area contributed by atoms with Crippen LogP contribution >= 0.6 is 0 Å². The van der Waals surface area contributed by atoms with E-state index in [0.717, 1.165) is 32.4 Å². The van der Waals surface area contributed by atoms with Gasteiger partial charge >= 0.3 is 12.0 Å². The molecule has 0 radical (unpaired) electrons. The Hall–Kier alpha value is -1.34. The lowest BCUT2D eigenvalue weighted by Gasteiger charge is -2.35. The maximum absolute atomic E-state index is 12.3. The van der Waals surface area contributed by atoms with Crippen LogP contribution in [0.15, 0.2) is 0 Å². The predicted molar refractivity (Wildman–Crippen MR) is 74.7 cm³/mol. The van der Waals surface area contributed by atoms with Crippen LogP contribution in [0.1, 0.15) is 26.2 Å². The van der Waals surface area contributed by atoms with E-state index < -0.39 is 12.0 Å². The Morgan fingerprint density at radius 2 is 2.10 bits per heavy atom. The molecule has 2 amide bonds. The number of urea groups is 1. The van der Waals surface area contributed by atoms with E-state index in [4.69, 9.17) is 9.84 Å². The number of carboxylic acids is 1. The molecular weight excluding hydrogens is 262 g/mol. The summed E-state index contributed by atoms with van der Waals surface area (Å²) in [6, 6.07) is -1.15. The van der Waals surface area contributed by atoms with E-state index in [-0.39, 0.29) is 18.7 Å². The summed E-state index contributed by atoms with van der Waals surface area (Å²) in [5.41, 5.74) is 0. The number of piperidine rings is 1. The van der Waals surface area contributed by atoms with Gasteiger partial charge in [-0.3, -0.25) is 0 Å². The van der Waals surface area contributed by atoms with Crippen molar-refractivity contribution in [2.24, 2.45) is 0 Å². The molecule has 116 valence electrons. The second-order valence-corrected chi connectivity index (χ2v) is 4.97. The van der Waals surface area contributed by atoms with Crippen LogP contribution in [0.5, 0.6) is 0 Å². The minimum Gasteiger partial charge on any atom is -0.480 e. The number of methoxy groups -OCH3 is 1. The van der Waals surface area contributed by atoms with Crippen LogP contribution in [0.3, 0.4) is 0 Å². The summed E-state index contributed by atoms with van der Waals surface area (Å²) in [6.07, 6.45) is 2.64. The van der Waals surface area contributed by atoms with Gasteiger partial charge in [0.05, 0.1) is 6.61 Å². The number of amides is 2. The van der Waals surface area contributed by atoms with Crippen LogP contribution in [0.2, 0.25) is 0 Å². The zero-order chi connectivity index (χ0) is 15.0. The van der Waals surface area contributed by atoms with Gasteiger partial charge in [0.15, 0.2) is 6.04 Å². The summed E-state index contributed by atoms with van der Waals surface area (Å²) in [6.45, 7) is 4.38. The lowest BCUT2D eigenvalue weighted by molar-refractivity contribution is -0.140. The third-order valence-electron chi connectivity index (χ3n) is 3.40. The molecule has 1 saturated heterocycles. The summed E-state index contributed by atoms with van der Waals surface area (Å²) < 4.78 is 4.83. The zero-order valence-corrected chi connectivity index (χ0v) is 12.2. The average molecular weight is 287 g/mol. The third kappa shape index (κ3) is 4.97. The Balaban J connectivity index is 2.64. The number of rotatable bonds is 7. The van der Waals surface area contributed by atoms with Crippen LogP contribution < -0.4 is 10.6 Å². The van der Waals surface area contributed by atoms with E-state index >= 15 is 0 Å². The highest BCUT2D eigenvalue weighted by molar-refractivity contribution is 5.82. The molecule has 20 heavy (non-hydrogen) atoms. The van der Waals surface area contributed by atoms with Crippen molar-refractivity contribution in [2.45, 2.75) is 38.3 Å². The Labute approximate surface area is 119 Å². The lowest BCUT2D eigenvalue weighted by Crippen LogP contribution is -2.54. The van der Waals surface area contributed by atoms with Gasteiger partial charge < -0.3 is 25.4 Å². The SMILES string of the molecule is CCCN(C(=O)NC(COC)C(=O)O)C1CCNCC1. The van der Waals surface area contributed by atoms with E-state index in [9.17, 15) is 9.59 Å². The van der Waals surface area contributed by atoms with Gasteiger partial charge in [-0.1, -0.05) is 6.92 Å². The molecule has 0 aromatic heterocycles. The molecule has 0 aliphatic carbocycles. The van der Waals surface area contributed by atoms with Gasteiger partial charge in [-0.25, -0.2) is 9.59 Å². The first-order valence-corrected chi connectivity index (χ1v) is 7.09. The van der Waals surface area contributed by atoms with Gasteiger partial charge in [-0.15, -0.1) is 0 Å². The van der Waals surface area contributed by atoms with Crippen molar-refractivity contribution >= 4 is 12.0 Å². The number of nitrogens with zero attached hydrogens (tertiary/aromatic N) is 1. The molecular formula is C13H25N3O4. The van der Waals surface area contributed by atoms with Crippen molar-refractivity contribution < 1.29 is 19.4 Å². The average Bonchev–Trinajstić information content (AvgIpc) is 2.45. The summed E-state index contributed by atoms with van der Waals surface area (Å²) in [5.74, 6) is -1.08. The fraction of sp³-hybridized carbons (Fsp3) is 0.846. The zero-order valence-electron chi connectivity index (χ0n) is 12.2. The van der Waals surface area contributed by atoms with E-state index in [0.29, 0.717) is 6.54 Å². The monoisotopic (exact) mass is 287 g/mol. The fourth-order valence-electron chi connectivity index (χ4n) is 2.38. The van der Waals surface area contributed by atoms with Crippen molar-refractivity contribution in [1.82, 2.24) is 15.5 Å². The summed E-state index contributed by atoms with van der Waals surface area (Å²) in [5, 5.41) is 14.9. The molecule has 7 heteroatoms. The molecule has 0 aromatic rings. The normalized spacial score (nSPS) is 17.5. The van der Waals surface area contributed by atoms with Crippen LogP contribution in [-0.4, -0.2) is 67.4 Å². The Kier molecular flexibility index (Phi) is 7.32. The molecule has 1 unspecified atom stereocenters. The van der Waals surface area contributed by atoms with Crippen molar-refractivity contribution in [2.75, 3.05) is 33.4 Å². The Bertz CT molecular complexity index is 319. The lowest BCUT2D eigenvalue weighted by atomic mass is 10.0. The van der Waals surface area contributed by atoms with Crippen molar-refractivity contribution in [3.63, 3.8) is 0 Å². The van der Waals surface area contributed by atoms with Gasteiger partial charge in [-0.2, -0.15) is 0 Å². The molecule has 7 nitrogen and oxygen atoms in total. The van der Waals surface area contributed by atoms with E-state index in [1.807, 2.05) is 6.92 Å². The van der Waals surface area contributed by atoms with Gasteiger partial charge in [-0.05, 0) is 32.4 Å². The van der Waals surface area contributed by atoms with Crippen LogP contribution in [0.25, 0.3) is 0 Å². The smallest absolute Gasteiger partial charge is 0.328 e. The fourth-order valence-corrected chi connectivity index (χ4v) is 2.38. The first kappa shape index (κ1) is 16.7. The Morgan fingerprint density at radius 3 is 2.60 bits per heavy atom. The van der Waals surface area contributed by atoms with Crippen molar-refractivity contribution in [3.05, 3.63) is 0 Å². The van der Waals surface area contributed by atoms with Crippen LogP contribution in [0.4, 0.5) is 4.79 Å². The number of hydrogen-bond donors (Lipinski definition) is 3. The number of ether oxygens (including phenoxy) is 1. The molecule has 1 fully saturated rings. The number of carboxylic acid groups (broad SMARTS) is 1. The van der Waals surface area contributed by atoms with Gasteiger partial charge in [0.1, 0.15) is 0 Å². The molecule has 1 heterocycles. The van der Waals surface area contributed by atoms with Gasteiger partial charge in [0.25, 0.3) is 0 Å². The molecule has 1 aliphatic heterocycles. The van der Waals surface area contributed by atoms with E-state index in [2.05, 4.69) is 10.6 Å². The summed E-state index contributed by atoms with van der Waals surface area (Å²) >= 11 is 0. The van der Waals surface area contributed by atoms with Crippen molar-refractivity contribution in [1.29, 1.82) is 0 Å². The third-order valence-corrected chi connectivity index (χ3v) is 3.40. The first-order chi connectivity index (χ1) is 9.60. The highest BCUT2D eigenvalue weighted by atomic mass is 16.5. The standard InChI is InChI=1S/C13H25N3O4/c1-3-8-16(10-4-6-14-7-5-10)13(19)15-11(9-20-2)12(17)18/h10-11,14H,3-9H2,1-2H3,(H,15,19)(H,17,18). The molecule has 1 rings (SSSR count). The second kappa shape index (κ2) is 8.76. The minimum atomic E-state index is -1.08. The molecule has 1 aliphatic rings. The quantitative estimate of drug-likeness (QED) is 0.625. The molecule has 0 bridgehead atoms. The second-order valence-electron chi connectivity index (χ2n) is 4.97. The number of carbonyl (C=O) groups is 2. The number of hydrogen-bond acceptors (Lipinski definition) is 4. The number of carbonyl (C=O) groups excluding carboxylic acids is 1. The number of nitrogens with one attached hydrogen (secondary N) is 2. The minimum absolute atomic E-state index is 0.0345. The molecule has 1 atom stereocenters. The van der Waals surface area contributed by atoms with Crippen LogP contribution in [-0.2, 0) is 9.53 Å². The summed E-state index contributed by atoms with van der Waals surface area (Å²) in [7, 11) is 1.42. The molecule has 0 aromatic carbocycles. The highest BCUT2D eigenvalue weighted by Gasteiger charge is 2.28. The molecule has 0 saturated carbocycles. The Morgan fingerprint density at radius 1 is 1.45 bits per heavy atom. The largest absolute Gasteiger partial charge is 0.480 e. The van der Waals surface area contributed by atoms with Gasteiger partial charge in [0, 0.05) is 19.7 Å². The van der Waals surface area contributed by atoms with E-state index in [1.165, 1.54) is 7.11 Å². The number of aliphatic carboxylic acids is 1. The topological polar surface area (TPSA) is 90.9 Å². The molecule has 3 N–H and O–H groups in total. The summed E-state index contributed by atoms with van der Waals surface area (Å²) in [4.78, 5) is 25.1. The van der Waals surface area contributed by atoms with Crippen molar-refractivity contribution in [3.8, 4) is 0 Å². The van der Waals surface area contributed by atoms with E-state index in [1.54, 1.807) is 4.90 Å². The highest BCUT2D eigenvalue weighted by Crippen LogP contribution is 2.13. The van der Waals surface area contributed by atoms with Crippen LogP contribution in [0, 0.1) is 0 Å². The maximum Gasteiger partial charge on any atom is 0.328 e. The van der Waals surface area contributed by atoms with Gasteiger partial charge in [0.2, 0.25) is 0 Å². The maximum atomic E-state index is 12.3. The first-order valence-electron chi connectivity index (χ1n) is 7.09. The molecule has 0 spiro atoms. The predicted octanol–water partition coefficient (Wildman–Crippen LogP) is 0.260.